The van der Waals surface area contributed by atoms with E-state index in [9.17, 15) is 9.90 Å². The van der Waals surface area contributed by atoms with Crippen LogP contribution in [0, 0.1) is 5.92 Å². The van der Waals surface area contributed by atoms with Crippen molar-refractivity contribution >= 4 is 5.97 Å². The summed E-state index contributed by atoms with van der Waals surface area (Å²) in [5.41, 5.74) is 3.34. The first kappa shape index (κ1) is 9.39. The Hall–Kier alpha value is -0.610. The molecule has 0 amide bonds. The van der Waals surface area contributed by atoms with Crippen molar-refractivity contribution in [2.24, 2.45) is 5.92 Å². The van der Waals surface area contributed by atoms with Crippen LogP contribution in [0.3, 0.4) is 0 Å². The summed E-state index contributed by atoms with van der Waals surface area (Å²) < 4.78 is 0. The Morgan fingerprint density at radius 2 is 2.00 bits per heavy atom. The molecule has 0 bridgehead atoms. The van der Waals surface area contributed by atoms with Crippen LogP contribution in [0.2, 0.25) is 0 Å². The molecule has 60 valence electrons. The molecule has 0 saturated heterocycles. The lowest BCUT2D eigenvalue weighted by Gasteiger charge is -2.19. The Kier molecular flexibility index (Phi) is 3.32. The molecular weight excluding hydrogens is 134 g/mol. The summed E-state index contributed by atoms with van der Waals surface area (Å²) in [5, 5.41) is 19.1. The summed E-state index contributed by atoms with van der Waals surface area (Å²) in [5.74, 6) is -1.57. The summed E-state index contributed by atoms with van der Waals surface area (Å²) in [6, 6.07) is -0.833. The van der Waals surface area contributed by atoms with Crippen LogP contribution in [0.25, 0.3) is 0 Å². The lowest BCUT2D eigenvalue weighted by molar-refractivity contribution is -0.450. The lowest BCUT2D eigenvalue weighted by atomic mass is 9.98. The van der Waals surface area contributed by atoms with Gasteiger partial charge in [-0.1, -0.05) is 6.92 Å². The van der Waals surface area contributed by atoms with Crippen LogP contribution in [-0.4, -0.2) is 23.2 Å². The highest BCUT2D eigenvalue weighted by Crippen LogP contribution is 2.03. The van der Waals surface area contributed by atoms with E-state index in [1.807, 2.05) is 0 Å². The largest absolute Gasteiger partial charge is 0.544 e. The molecular formula is C6H13NO3. The Bertz CT molecular complexity index is 124. The van der Waals surface area contributed by atoms with E-state index in [1.54, 1.807) is 6.92 Å². The second-order valence-corrected chi connectivity index (χ2v) is 2.53. The van der Waals surface area contributed by atoms with Gasteiger partial charge in [0.1, 0.15) is 6.04 Å². The van der Waals surface area contributed by atoms with Gasteiger partial charge in [-0.2, -0.15) is 0 Å². The number of quaternary nitrogens is 1. The zero-order valence-electron chi connectivity index (χ0n) is 6.20. The Morgan fingerprint density at radius 1 is 1.60 bits per heavy atom. The van der Waals surface area contributed by atoms with E-state index in [2.05, 4.69) is 5.73 Å². The highest BCUT2D eigenvalue weighted by atomic mass is 16.4. The molecule has 3 atom stereocenters. The van der Waals surface area contributed by atoms with Crippen LogP contribution >= 0.6 is 0 Å². The van der Waals surface area contributed by atoms with Gasteiger partial charge < -0.3 is 20.7 Å². The molecule has 4 heteroatoms. The number of rotatable bonds is 3. The minimum Gasteiger partial charge on any atom is -0.544 e. The third-order valence-corrected chi connectivity index (χ3v) is 1.70. The fourth-order valence-corrected chi connectivity index (χ4v) is 0.551. The van der Waals surface area contributed by atoms with Gasteiger partial charge >= 0.3 is 0 Å². The van der Waals surface area contributed by atoms with Crippen molar-refractivity contribution in [3.63, 3.8) is 0 Å². The maximum absolute atomic E-state index is 10.2. The van der Waals surface area contributed by atoms with Crippen LogP contribution in [0.4, 0.5) is 0 Å². The summed E-state index contributed by atoms with van der Waals surface area (Å²) in [4.78, 5) is 10.2. The van der Waals surface area contributed by atoms with E-state index >= 15 is 0 Å². The standard InChI is InChI=1S/C6H13NO3/c1-3(4(2)8)5(7)6(9)10/h3-5,8H,7H2,1-2H3,(H,9,10)/t3-,4+,5-/m1/s1. The highest BCUT2D eigenvalue weighted by molar-refractivity contribution is 5.69. The highest BCUT2D eigenvalue weighted by Gasteiger charge is 2.21. The third kappa shape index (κ3) is 2.33. The average molecular weight is 147 g/mol. The molecule has 0 saturated carbocycles. The quantitative estimate of drug-likeness (QED) is 0.457. The fraction of sp³-hybridized carbons (Fsp3) is 0.833. The molecule has 10 heavy (non-hydrogen) atoms. The zero-order valence-corrected chi connectivity index (χ0v) is 6.20. The van der Waals surface area contributed by atoms with Crippen LogP contribution in [-0.2, 0) is 4.79 Å². The minimum absolute atomic E-state index is 0.356. The number of carbonyl (C=O) groups is 1. The van der Waals surface area contributed by atoms with Gasteiger partial charge in [0, 0.05) is 5.92 Å². The molecule has 0 aromatic rings. The normalized spacial score (nSPS) is 19.6. The van der Waals surface area contributed by atoms with Crippen LogP contribution in [0.15, 0.2) is 0 Å². The molecule has 0 spiro atoms. The van der Waals surface area contributed by atoms with Gasteiger partial charge in [0.05, 0.1) is 12.1 Å². The minimum atomic E-state index is -1.21. The number of carbonyl (C=O) groups excluding carboxylic acids is 1. The molecule has 0 rings (SSSR count). The third-order valence-electron chi connectivity index (χ3n) is 1.70. The number of aliphatic hydroxyl groups excluding tert-OH is 1. The van der Waals surface area contributed by atoms with Crippen LogP contribution < -0.4 is 10.8 Å². The van der Waals surface area contributed by atoms with E-state index < -0.39 is 18.1 Å². The second kappa shape index (κ2) is 3.53. The van der Waals surface area contributed by atoms with Crippen molar-refractivity contribution in [1.82, 2.24) is 0 Å². The summed E-state index contributed by atoms with van der Waals surface area (Å²) in [7, 11) is 0. The van der Waals surface area contributed by atoms with Crippen molar-refractivity contribution in [3.8, 4) is 0 Å². The molecule has 0 aliphatic rings. The molecule has 0 fully saturated rings. The summed E-state index contributed by atoms with van der Waals surface area (Å²) in [6.07, 6.45) is -0.652. The maximum Gasteiger partial charge on any atom is 0.130 e. The van der Waals surface area contributed by atoms with Crippen LogP contribution in [0.5, 0.6) is 0 Å². The predicted molar refractivity (Wildman–Crippen MR) is 32.5 cm³/mol. The van der Waals surface area contributed by atoms with E-state index in [-0.39, 0.29) is 5.92 Å². The van der Waals surface area contributed by atoms with Gasteiger partial charge in [0.15, 0.2) is 0 Å². The number of aliphatic carboxylic acids is 1. The molecule has 4 N–H and O–H groups in total. The molecule has 0 unspecified atom stereocenters. The first-order chi connectivity index (χ1) is 4.46. The topological polar surface area (TPSA) is 88.0 Å². The Balaban J connectivity index is 3.94. The number of carboxylic acid groups (broad SMARTS) is 1. The van der Waals surface area contributed by atoms with Gasteiger partial charge in [0.2, 0.25) is 0 Å². The van der Waals surface area contributed by atoms with Crippen molar-refractivity contribution < 1.29 is 20.7 Å². The molecule has 0 aliphatic carbocycles. The first-order valence-electron chi connectivity index (χ1n) is 3.18. The second-order valence-electron chi connectivity index (χ2n) is 2.53. The first-order valence-corrected chi connectivity index (χ1v) is 3.18. The fourth-order valence-electron chi connectivity index (χ4n) is 0.551. The maximum atomic E-state index is 10.2. The van der Waals surface area contributed by atoms with Gasteiger partial charge in [-0.05, 0) is 6.92 Å². The van der Waals surface area contributed by atoms with E-state index in [0.29, 0.717) is 0 Å². The summed E-state index contributed by atoms with van der Waals surface area (Å²) >= 11 is 0. The van der Waals surface area contributed by atoms with Gasteiger partial charge in [0.25, 0.3) is 0 Å². The van der Waals surface area contributed by atoms with Gasteiger partial charge in [-0.15, -0.1) is 0 Å². The Morgan fingerprint density at radius 3 is 2.10 bits per heavy atom. The van der Waals surface area contributed by atoms with Gasteiger partial charge in [-0.25, -0.2) is 0 Å². The molecule has 4 nitrogen and oxygen atoms in total. The van der Waals surface area contributed by atoms with E-state index in [4.69, 9.17) is 5.11 Å². The number of hydrogen-bond acceptors (Lipinski definition) is 3. The molecule has 0 aliphatic heterocycles. The zero-order chi connectivity index (χ0) is 8.31. The summed E-state index contributed by atoms with van der Waals surface area (Å²) in [6.45, 7) is 3.16. The van der Waals surface area contributed by atoms with E-state index in [1.165, 1.54) is 6.92 Å². The predicted octanol–water partition coefficient (Wildman–Crippen LogP) is -2.64. The average Bonchev–Trinajstić information content (AvgIpc) is 1.84. The van der Waals surface area contributed by atoms with Crippen molar-refractivity contribution in [2.45, 2.75) is 26.0 Å². The number of aliphatic hydroxyl groups is 1. The molecule has 0 aromatic heterocycles. The molecule has 0 aromatic carbocycles. The number of hydrogen-bond donors (Lipinski definition) is 2. The Labute approximate surface area is 59.7 Å². The van der Waals surface area contributed by atoms with Gasteiger partial charge in [-0.3, -0.25) is 0 Å². The monoisotopic (exact) mass is 147 g/mol. The SMILES string of the molecule is C[C@H]([C@H](C)O)[C@@H]([NH3+])C(=O)[O-]. The van der Waals surface area contributed by atoms with Crippen LogP contribution in [0.1, 0.15) is 13.8 Å². The lowest BCUT2D eigenvalue weighted by Crippen LogP contribution is -2.72. The van der Waals surface area contributed by atoms with Crippen molar-refractivity contribution in [3.05, 3.63) is 0 Å². The smallest absolute Gasteiger partial charge is 0.130 e. The number of carboxylic acids is 1. The molecule has 0 heterocycles. The molecule has 0 radical (unpaired) electrons. The van der Waals surface area contributed by atoms with Crippen molar-refractivity contribution in [1.29, 1.82) is 0 Å². The van der Waals surface area contributed by atoms with E-state index in [0.717, 1.165) is 0 Å². The van der Waals surface area contributed by atoms with Crippen molar-refractivity contribution in [2.75, 3.05) is 0 Å².